The van der Waals surface area contributed by atoms with Gasteiger partial charge in [0.05, 0.1) is 5.92 Å². The third kappa shape index (κ3) is 5.19. The molecule has 0 spiro atoms. The molecule has 1 aliphatic heterocycles. The second-order valence-electron chi connectivity index (χ2n) is 6.14. The van der Waals surface area contributed by atoms with Crippen LogP contribution in [0, 0.1) is 5.92 Å². The average molecular weight is 297 g/mol. The summed E-state index contributed by atoms with van der Waals surface area (Å²) in [6.07, 6.45) is 7.14. The lowest BCUT2D eigenvalue weighted by Crippen LogP contribution is -2.50. The first-order valence-electron chi connectivity index (χ1n) is 8.16. The number of carbonyl (C=O) groups excluding carboxylic acids is 1. The highest BCUT2D eigenvalue weighted by Gasteiger charge is 2.31. The lowest BCUT2D eigenvalue weighted by Gasteiger charge is -2.29. The number of rotatable bonds is 5. The summed E-state index contributed by atoms with van der Waals surface area (Å²) in [5.41, 5.74) is 0. The van der Waals surface area contributed by atoms with Gasteiger partial charge in [-0.05, 0) is 38.8 Å². The topological polar surface area (TPSA) is 81.7 Å². The van der Waals surface area contributed by atoms with Gasteiger partial charge in [0.25, 0.3) is 0 Å². The Bertz CT molecular complexity index is 356. The van der Waals surface area contributed by atoms with Crippen LogP contribution in [-0.4, -0.2) is 54.2 Å². The fraction of sp³-hybridized carbons (Fsp3) is 0.867. The van der Waals surface area contributed by atoms with Crippen molar-refractivity contribution in [3.8, 4) is 0 Å². The second-order valence-corrected chi connectivity index (χ2v) is 6.14. The van der Waals surface area contributed by atoms with Gasteiger partial charge in [-0.25, -0.2) is 4.79 Å². The molecule has 2 amide bonds. The summed E-state index contributed by atoms with van der Waals surface area (Å²) in [6.45, 7) is 3.73. The molecule has 0 aromatic heterocycles. The van der Waals surface area contributed by atoms with Crippen LogP contribution in [0.1, 0.15) is 44.9 Å². The molecule has 1 heterocycles. The van der Waals surface area contributed by atoms with Crippen LogP contribution in [0.3, 0.4) is 0 Å². The van der Waals surface area contributed by atoms with Gasteiger partial charge in [0, 0.05) is 19.1 Å². The smallest absolute Gasteiger partial charge is 0.315 e. The molecule has 21 heavy (non-hydrogen) atoms. The van der Waals surface area contributed by atoms with Gasteiger partial charge in [-0.3, -0.25) is 4.79 Å². The summed E-state index contributed by atoms with van der Waals surface area (Å²) < 4.78 is 0. The van der Waals surface area contributed by atoms with E-state index in [2.05, 4.69) is 15.5 Å². The molecule has 2 rings (SSSR count). The molecule has 0 bridgehead atoms. The molecule has 2 fully saturated rings. The number of urea groups is 1. The van der Waals surface area contributed by atoms with E-state index in [-0.39, 0.29) is 12.1 Å². The van der Waals surface area contributed by atoms with Crippen LogP contribution in [0.25, 0.3) is 0 Å². The highest BCUT2D eigenvalue weighted by atomic mass is 16.4. The minimum atomic E-state index is -0.798. The zero-order valence-electron chi connectivity index (χ0n) is 12.6. The normalized spacial score (nSPS) is 27.0. The number of carboxylic acid groups (broad SMARTS) is 1. The van der Waals surface area contributed by atoms with Crippen LogP contribution in [-0.2, 0) is 4.79 Å². The Morgan fingerprint density at radius 2 is 1.76 bits per heavy atom. The molecule has 1 aliphatic carbocycles. The fourth-order valence-electron chi connectivity index (χ4n) is 3.33. The molecule has 6 nitrogen and oxygen atoms in total. The number of carbonyl (C=O) groups is 2. The molecule has 1 saturated carbocycles. The van der Waals surface area contributed by atoms with Crippen molar-refractivity contribution in [1.29, 1.82) is 0 Å². The van der Waals surface area contributed by atoms with Crippen molar-refractivity contribution in [3.63, 3.8) is 0 Å². The highest BCUT2D eigenvalue weighted by Crippen LogP contribution is 2.24. The van der Waals surface area contributed by atoms with Crippen molar-refractivity contribution in [2.24, 2.45) is 5.92 Å². The van der Waals surface area contributed by atoms with E-state index < -0.39 is 11.9 Å². The standard InChI is InChI=1S/C15H27N3O3/c19-14(20)12-6-2-3-7-13(12)17-15(21)16-8-11-18-9-4-1-5-10-18/h12-13H,1-11H2,(H,19,20)(H2,16,17,21). The van der Waals surface area contributed by atoms with Crippen molar-refractivity contribution in [2.45, 2.75) is 51.0 Å². The summed E-state index contributed by atoms with van der Waals surface area (Å²) in [7, 11) is 0. The Balaban J connectivity index is 1.66. The monoisotopic (exact) mass is 297 g/mol. The number of carboxylic acids is 1. The number of amides is 2. The highest BCUT2D eigenvalue weighted by molar-refractivity contribution is 5.76. The fourth-order valence-corrected chi connectivity index (χ4v) is 3.33. The lowest BCUT2D eigenvalue weighted by atomic mass is 9.84. The zero-order chi connectivity index (χ0) is 15.1. The van der Waals surface area contributed by atoms with Crippen molar-refractivity contribution >= 4 is 12.0 Å². The van der Waals surface area contributed by atoms with Crippen LogP contribution in [0.15, 0.2) is 0 Å². The van der Waals surface area contributed by atoms with E-state index >= 15 is 0 Å². The maximum atomic E-state index is 11.9. The molecule has 2 aliphatic rings. The first-order valence-corrected chi connectivity index (χ1v) is 8.16. The van der Waals surface area contributed by atoms with Crippen LogP contribution in [0.5, 0.6) is 0 Å². The van der Waals surface area contributed by atoms with E-state index in [0.29, 0.717) is 13.0 Å². The Morgan fingerprint density at radius 3 is 2.48 bits per heavy atom. The molecule has 6 heteroatoms. The number of hydrogen-bond donors (Lipinski definition) is 3. The van der Waals surface area contributed by atoms with E-state index in [1.54, 1.807) is 0 Å². The van der Waals surface area contributed by atoms with Crippen LogP contribution < -0.4 is 10.6 Å². The summed E-state index contributed by atoms with van der Waals surface area (Å²) >= 11 is 0. The van der Waals surface area contributed by atoms with Gasteiger partial charge in [0.15, 0.2) is 0 Å². The van der Waals surface area contributed by atoms with Crippen LogP contribution >= 0.6 is 0 Å². The molecular formula is C15H27N3O3. The van der Waals surface area contributed by atoms with E-state index in [1.165, 1.54) is 19.3 Å². The maximum absolute atomic E-state index is 11.9. The first kappa shape index (κ1) is 16.1. The SMILES string of the molecule is O=C(NCCN1CCCCC1)NC1CCCCC1C(=O)O. The summed E-state index contributed by atoms with van der Waals surface area (Å²) in [5, 5.41) is 14.9. The molecule has 0 aromatic carbocycles. The van der Waals surface area contributed by atoms with Gasteiger partial charge >= 0.3 is 12.0 Å². The van der Waals surface area contributed by atoms with Crippen LogP contribution in [0.4, 0.5) is 4.79 Å². The minimum Gasteiger partial charge on any atom is -0.481 e. The van der Waals surface area contributed by atoms with E-state index in [9.17, 15) is 14.7 Å². The van der Waals surface area contributed by atoms with E-state index in [4.69, 9.17) is 0 Å². The number of hydrogen-bond acceptors (Lipinski definition) is 3. The number of piperidine rings is 1. The van der Waals surface area contributed by atoms with E-state index in [0.717, 1.165) is 38.9 Å². The van der Waals surface area contributed by atoms with E-state index in [1.807, 2.05) is 0 Å². The number of likely N-dealkylation sites (tertiary alicyclic amines) is 1. The van der Waals surface area contributed by atoms with Crippen molar-refractivity contribution in [3.05, 3.63) is 0 Å². The van der Waals surface area contributed by atoms with Crippen LogP contribution in [0.2, 0.25) is 0 Å². The minimum absolute atomic E-state index is 0.230. The Kier molecular flexibility index (Phi) is 6.29. The lowest BCUT2D eigenvalue weighted by molar-refractivity contribution is -0.143. The Morgan fingerprint density at radius 1 is 1.05 bits per heavy atom. The number of nitrogens with zero attached hydrogens (tertiary/aromatic N) is 1. The van der Waals surface area contributed by atoms with Crippen molar-refractivity contribution in [2.75, 3.05) is 26.2 Å². The maximum Gasteiger partial charge on any atom is 0.315 e. The van der Waals surface area contributed by atoms with Crippen molar-refractivity contribution in [1.82, 2.24) is 15.5 Å². The first-order chi connectivity index (χ1) is 10.2. The third-order valence-corrected chi connectivity index (χ3v) is 4.56. The van der Waals surface area contributed by atoms with Gasteiger partial charge in [0.2, 0.25) is 0 Å². The second kappa shape index (κ2) is 8.22. The number of nitrogens with one attached hydrogen (secondary N) is 2. The quantitative estimate of drug-likeness (QED) is 0.717. The molecule has 2 unspecified atom stereocenters. The molecule has 0 radical (unpaired) electrons. The number of aliphatic carboxylic acids is 1. The summed E-state index contributed by atoms with van der Waals surface area (Å²) in [6, 6.07) is -0.462. The van der Waals surface area contributed by atoms with Gasteiger partial charge in [0.1, 0.15) is 0 Å². The Hall–Kier alpha value is -1.30. The summed E-state index contributed by atoms with van der Waals surface area (Å²) in [5.74, 6) is -1.24. The molecule has 2 atom stereocenters. The average Bonchev–Trinajstić information content (AvgIpc) is 2.48. The summed E-state index contributed by atoms with van der Waals surface area (Å²) in [4.78, 5) is 25.4. The molecule has 120 valence electrons. The largest absolute Gasteiger partial charge is 0.481 e. The molecule has 0 aromatic rings. The van der Waals surface area contributed by atoms with Gasteiger partial charge in [-0.15, -0.1) is 0 Å². The molecular weight excluding hydrogens is 270 g/mol. The van der Waals surface area contributed by atoms with Crippen molar-refractivity contribution < 1.29 is 14.7 Å². The molecule has 3 N–H and O–H groups in total. The zero-order valence-corrected chi connectivity index (χ0v) is 12.6. The van der Waals surface area contributed by atoms with Gasteiger partial charge in [-0.1, -0.05) is 19.3 Å². The predicted molar refractivity (Wildman–Crippen MR) is 80.2 cm³/mol. The van der Waals surface area contributed by atoms with Gasteiger partial charge < -0.3 is 20.6 Å². The Labute approximate surface area is 126 Å². The van der Waals surface area contributed by atoms with Gasteiger partial charge in [-0.2, -0.15) is 0 Å². The predicted octanol–water partition coefficient (Wildman–Crippen LogP) is 1.41. The third-order valence-electron chi connectivity index (χ3n) is 4.56. The molecule has 1 saturated heterocycles.